The molecule has 2 aromatic heterocycles. The van der Waals surface area contributed by atoms with E-state index in [1.807, 2.05) is 0 Å². The summed E-state index contributed by atoms with van der Waals surface area (Å²) in [6, 6.07) is 8.05. The molecule has 0 saturated heterocycles. The third kappa shape index (κ3) is 3.09. The SMILES string of the molecule is CN(C)C(=O)c1cn(Cc2cccc(Cl)c2)c(=O)c2c(O)c(=O)ccn12. The number of hydrogen-bond donors (Lipinski definition) is 1. The lowest BCUT2D eigenvalue weighted by Gasteiger charge is -2.17. The van der Waals surface area contributed by atoms with Crippen LogP contribution < -0.4 is 11.0 Å². The summed E-state index contributed by atoms with van der Waals surface area (Å²) in [5.41, 5.74) is -0.638. The summed E-state index contributed by atoms with van der Waals surface area (Å²) in [7, 11) is 3.14. The zero-order chi connectivity index (χ0) is 19.0. The third-order valence-electron chi connectivity index (χ3n) is 3.94. The minimum atomic E-state index is -0.689. The number of hydrogen-bond acceptors (Lipinski definition) is 4. The molecule has 1 aromatic carbocycles. The van der Waals surface area contributed by atoms with Crippen molar-refractivity contribution in [1.82, 2.24) is 13.9 Å². The van der Waals surface area contributed by atoms with Crippen LogP contribution >= 0.6 is 11.6 Å². The van der Waals surface area contributed by atoms with Crippen LogP contribution in [-0.2, 0) is 6.54 Å². The number of fused-ring (bicyclic) bond motifs is 1. The lowest BCUT2D eigenvalue weighted by molar-refractivity contribution is 0.0819. The molecule has 3 rings (SSSR count). The normalized spacial score (nSPS) is 10.9. The van der Waals surface area contributed by atoms with Gasteiger partial charge in [-0.2, -0.15) is 0 Å². The molecular formula is C18H16ClN3O4. The van der Waals surface area contributed by atoms with Crippen molar-refractivity contribution in [2.75, 3.05) is 14.1 Å². The Bertz CT molecular complexity index is 1130. The molecule has 0 fully saturated rings. The molecule has 0 aliphatic rings. The Labute approximate surface area is 153 Å². The summed E-state index contributed by atoms with van der Waals surface area (Å²) in [5.74, 6) is -1.07. The fourth-order valence-corrected chi connectivity index (χ4v) is 2.89. The van der Waals surface area contributed by atoms with Crippen molar-refractivity contribution in [3.8, 4) is 5.75 Å². The summed E-state index contributed by atoms with van der Waals surface area (Å²) in [6.45, 7) is 0.131. The topological polar surface area (TPSA) is 84.0 Å². The molecule has 8 heteroatoms. The lowest BCUT2D eigenvalue weighted by atomic mass is 10.2. The summed E-state index contributed by atoms with van der Waals surface area (Å²) in [6.07, 6.45) is 2.71. The average Bonchev–Trinajstić information content (AvgIpc) is 2.59. The van der Waals surface area contributed by atoms with E-state index >= 15 is 0 Å². The molecule has 0 saturated carbocycles. The van der Waals surface area contributed by atoms with E-state index in [-0.39, 0.29) is 23.7 Å². The van der Waals surface area contributed by atoms with Crippen molar-refractivity contribution in [1.29, 1.82) is 0 Å². The highest BCUT2D eigenvalue weighted by Gasteiger charge is 2.19. The van der Waals surface area contributed by atoms with Crippen molar-refractivity contribution in [3.63, 3.8) is 0 Å². The Morgan fingerprint density at radius 2 is 1.96 bits per heavy atom. The van der Waals surface area contributed by atoms with Gasteiger partial charge in [0.1, 0.15) is 5.69 Å². The first kappa shape index (κ1) is 17.8. The first-order chi connectivity index (χ1) is 12.3. The minimum absolute atomic E-state index is 0.131. The number of halogens is 1. The van der Waals surface area contributed by atoms with Gasteiger partial charge >= 0.3 is 0 Å². The lowest BCUT2D eigenvalue weighted by Crippen LogP contribution is -2.31. The zero-order valence-corrected chi connectivity index (χ0v) is 14.9. The molecule has 0 radical (unpaired) electrons. The quantitative estimate of drug-likeness (QED) is 0.755. The van der Waals surface area contributed by atoms with Crippen molar-refractivity contribution in [2.24, 2.45) is 0 Å². The van der Waals surface area contributed by atoms with Crippen LogP contribution in [0.2, 0.25) is 5.02 Å². The largest absolute Gasteiger partial charge is 0.503 e. The first-order valence-electron chi connectivity index (χ1n) is 7.73. The number of pyridine rings is 1. The van der Waals surface area contributed by atoms with Gasteiger partial charge < -0.3 is 19.0 Å². The number of nitrogens with zero attached hydrogens (tertiary/aromatic N) is 3. The summed E-state index contributed by atoms with van der Waals surface area (Å²) >= 11 is 5.98. The summed E-state index contributed by atoms with van der Waals surface area (Å²) < 4.78 is 2.51. The van der Waals surface area contributed by atoms with Gasteiger partial charge in [-0.25, -0.2) is 0 Å². The molecule has 0 aliphatic heterocycles. The van der Waals surface area contributed by atoms with Gasteiger partial charge in [-0.3, -0.25) is 14.4 Å². The fourth-order valence-electron chi connectivity index (χ4n) is 2.67. The number of aromatic nitrogens is 2. The van der Waals surface area contributed by atoms with Crippen LogP contribution in [0.3, 0.4) is 0 Å². The molecule has 1 amide bonds. The monoisotopic (exact) mass is 373 g/mol. The molecule has 2 heterocycles. The van der Waals surface area contributed by atoms with E-state index in [2.05, 4.69) is 0 Å². The fraction of sp³-hybridized carbons (Fsp3) is 0.167. The average molecular weight is 374 g/mol. The van der Waals surface area contributed by atoms with E-state index < -0.39 is 16.7 Å². The molecule has 0 spiro atoms. The van der Waals surface area contributed by atoms with Gasteiger partial charge in [0.05, 0.1) is 6.54 Å². The van der Waals surface area contributed by atoms with Crippen molar-refractivity contribution < 1.29 is 9.90 Å². The van der Waals surface area contributed by atoms with Gasteiger partial charge in [-0.1, -0.05) is 23.7 Å². The van der Waals surface area contributed by atoms with Crippen LogP contribution in [0.1, 0.15) is 16.1 Å². The predicted molar refractivity (Wildman–Crippen MR) is 98.2 cm³/mol. The van der Waals surface area contributed by atoms with Gasteiger partial charge in [0, 0.05) is 37.6 Å². The number of benzene rings is 1. The van der Waals surface area contributed by atoms with E-state index in [4.69, 9.17) is 11.6 Å². The smallest absolute Gasteiger partial charge is 0.279 e. The van der Waals surface area contributed by atoms with Crippen molar-refractivity contribution >= 4 is 23.0 Å². The van der Waals surface area contributed by atoms with Gasteiger partial charge in [0.15, 0.2) is 11.3 Å². The van der Waals surface area contributed by atoms with E-state index in [0.29, 0.717) is 5.02 Å². The molecule has 3 aromatic rings. The highest BCUT2D eigenvalue weighted by Crippen LogP contribution is 2.15. The summed E-state index contributed by atoms with van der Waals surface area (Å²) in [5, 5.41) is 10.6. The molecule has 0 bridgehead atoms. The molecule has 0 atom stereocenters. The Kier molecular flexibility index (Phi) is 4.56. The first-order valence-corrected chi connectivity index (χ1v) is 8.11. The standard InChI is InChI=1S/C18H16ClN3O4/c1-20(2)17(25)13-10-21(9-11-4-3-5-12(19)8-11)18(26)15-16(24)14(23)6-7-22(13)15/h3-8,10,24H,9H2,1-2H3. The van der Waals surface area contributed by atoms with Gasteiger partial charge in [0.2, 0.25) is 5.43 Å². The van der Waals surface area contributed by atoms with Crippen molar-refractivity contribution in [3.05, 3.63) is 79.6 Å². The van der Waals surface area contributed by atoms with E-state index in [0.717, 1.165) is 11.6 Å². The maximum atomic E-state index is 12.8. The van der Waals surface area contributed by atoms with Crippen LogP contribution in [0, 0.1) is 0 Å². The number of carbonyl (C=O) groups excluding carboxylic acids is 1. The Morgan fingerprint density at radius 3 is 2.62 bits per heavy atom. The van der Waals surface area contributed by atoms with Crippen LogP contribution in [-0.4, -0.2) is 39.0 Å². The zero-order valence-electron chi connectivity index (χ0n) is 14.1. The highest BCUT2D eigenvalue weighted by atomic mass is 35.5. The van der Waals surface area contributed by atoms with Crippen LogP contribution in [0.15, 0.2) is 52.3 Å². The molecule has 0 unspecified atom stereocenters. The van der Waals surface area contributed by atoms with Gasteiger partial charge in [0.25, 0.3) is 11.5 Å². The van der Waals surface area contributed by atoms with Gasteiger partial charge in [-0.05, 0) is 17.7 Å². The minimum Gasteiger partial charge on any atom is -0.503 e. The maximum absolute atomic E-state index is 12.8. The van der Waals surface area contributed by atoms with Crippen LogP contribution in [0.5, 0.6) is 5.75 Å². The third-order valence-corrected chi connectivity index (χ3v) is 4.18. The maximum Gasteiger partial charge on any atom is 0.279 e. The second-order valence-electron chi connectivity index (χ2n) is 6.02. The van der Waals surface area contributed by atoms with Crippen LogP contribution in [0.4, 0.5) is 0 Å². The van der Waals surface area contributed by atoms with Crippen molar-refractivity contribution in [2.45, 2.75) is 6.54 Å². The molecule has 0 aliphatic carbocycles. The number of amides is 1. The second-order valence-corrected chi connectivity index (χ2v) is 6.46. The van der Waals surface area contributed by atoms with Gasteiger partial charge in [-0.15, -0.1) is 0 Å². The Balaban J connectivity index is 2.31. The molecule has 1 N–H and O–H groups in total. The Morgan fingerprint density at radius 1 is 1.23 bits per heavy atom. The molecule has 134 valence electrons. The van der Waals surface area contributed by atoms with E-state index in [1.165, 1.54) is 26.3 Å². The highest BCUT2D eigenvalue weighted by molar-refractivity contribution is 6.30. The Hall–Kier alpha value is -3.06. The number of aromatic hydroxyl groups is 1. The number of carbonyl (C=O) groups is 1. The summed E-state index contributed by atoms with van der Waals surface area (Å²) in [4.78, 5) is 38.5. The van der Waals surface area contributed by atoms with E-state index in [1.54, 1.807) is 38.4 Å². The molecular weight excluding hydrogens is 358 g/mol. The van der Waals surface area contributed by atoms with E-state index in [9.17, 15) is 19.5 Å². The molecule has 26 heavy (non-hydrogen) atoms. The van der Waals surface area contributed by atoms with Crippen LogP contribution in [0.25, 0.3) is 5.52 Å². The molecule has 7 nitrogen and oxygen atoms in total. The predicted octanol–water partition coefficient (Wildman–Crippen LogP) is 1.57. The number of rotatable bonds is 3. The second kappa shape index (κ2) is 6.68.